The quantitative estimate of drug-likeness (QED) is 0.599. The molecule has 5 nitrogen and oxygen atoms in total. The fourth-order valence-corrected chi connectivity index (χ4v) is 3.65. The summed E-state index contributed by atoms with van der Waals surface area (Å²) >= 11 is 0. The average Bonchev–Trinajstić information content (AvgIpc) is 2.66. The monoisotopic (exact) mass is 402 g/mol. The lowest BCUT2D eigenvalue weighted by Gasteiger charge is -2.29. The van der Waals surface area contributed by atoms with Gasteiger partial charge in [0.05, 0.1) is 19.8 Å². The zero-order valence-corrected chi connectivity index (χ0v) is 18.4. The summed E-state index contributed by atoms with van der Waals surface area (Å²) in [6.45, 7) is 12.2. The molecule has 0 saturated heterocycles. The fraction of sp³-hybridized carbons (Fsp3) is 0.500. The number of hydrogen-bond donors (Lipinski definition) is 3. The van der Waals surface area contributed by atoms with Gasteiger partial charge in [0.2, 0.25) is 0 Å². The van der Waals surface area contributed by atoms with E-state index in [1.54, 1.807) is 0 Å². The topological polar surface area (TPSA) is 79.2 Å². The van der Waals surface area contributed by atoms with Crippen LogP contribution in [0, 0.1) is 27.7 Å². The van der Waals surface area contributed by atoms with Gasteiger partial charge < -0.3 is 24.8 Å². The molecule has 0 atom stereocenters. The molecule has 0 fully saturated rings. The number of aliphatic hydroxyl groups is 3. The van der Waals surface area contributed by atoms with Crippen molar-refractivity contribution in [1.29, 1.82) is 0 Å². The highest BCUT2D eigenvalue weighted by atomic mass is 16.5. The van der Waals surface area contributed by atoms with Crippen LogP contribution in [0.2, 0.25) is 0 Å². The highest BCUT2D eigenvalue weighted by Gasteiger charge is 2.26. The van der Waals surface area contributed by atoms with Crippen LogP contribution in [-0.4, -0.2) is 47.9 Å². The maximum atomic E-state index is 9.32. The second kappa shape index (κ2) is 9.61. The Bertz CT molecular complexity index is 791. The van der Waals surface area contributed by atoms with E-state index in [4.69, 9.17) is 14.6 Å². The van der Waals surface area contributed by atoms with Crippen molar-refractivity contribution in [2.75, 3.05) is 26.4 Å². The third-order valence-corrected chi connectivity index (χ3v) is 5.39. The van der Waals surface area contributed by atoms with Gasteiger partial charge >= 0.3 is 0 Å². The molecule has 0 saturated carbocycles. The van der Waals surface area contributed by atoms with Crippen LogP contribution in [0.4, 0.5) is 0 Å². The van der Waals surface area contributed by atoms with Gasteiger partial charge in [-0.3, -0.25) is 0 Å². The van der Waals surface area contributed by atoms with Crippen LogP contribution in [0.25, 0.3) is 0 Å². The van der Waals surface area contributed by atoms with Crippen molar-refractivity contribution in [3.05, 3.63) is 57.6 Å². The van der Waals surface area contributed by atoms with E-state index in [1.165, 1.54) is 5.56 Å². The Morgan fingerprint density at radius 3 is 1.55 bits per heavy atom. The standard InChI is InChI=1S/C24H34O5/c1-15-9-19(10-16(2)22(15)28-8-7-25)24(5,6)20-11-17(3)23(18(4)12-20)29-21(13-26)14-27/h9-12,21,25-27H,7-8,13-14H2,1-6H3. The average molecular weight is 403 g/mol. The van der Waals surface area contributed by atoms with Gasteiger partial charge in [-0.25, -0.2) is 0 Å². The first-order valence-electron chi connectivity index (χ1n) is 10.0. The number of hydrogen-bond acceptors (Lipinski definition) is 5. The second-order valence-corrected chi connectivity index (χ2v) is 8.18. The van der Waals surface area contributed by atoms with E-state index in [1.807, 2.05) is 27.7 Å². The summed E-state index contributed by atoms with van der Waals surface area (Å²) < 4.78 is 11.5. The van der Waals surface area contributed by atoms with Crippen LogP contribution < -0.4 is 9.47 Å². The Balaban J connectivity index is 2.43. The Labute approximate surface area is 173 Å². The molecule has 0 aromatic heterocycles. The molecule has 0 aliphatic carbocycles. The summed E-state index contributed by atoms with van der Waals surface area (Å²) in [4.78, 5) is 0. The van der Waals surface area contributed by atoms with Gasteiger partial charge in [-0.1, -0.05) is 38.1 Å². The maximum Gasteiger partial charge on any atom is 0.145 e. The van der Waals surface area contributed by atoms with Crippen molar-refractivity contribution in [2.45, 2.75) is 53.1 Å². The van der Waals surface area contributed by atoms with Crippen LogP contribution in [-0.2, 0) is 5.41 Å². The van der Waals surface area contributed by atoms with Gasteiger partial charge in [-0.15, -0.1) is 0 Å². The fourth-order valence-electron chi connectivity index (χ4n) is 3.65. The van der Waals surface area contributed by atoms with Crippen LogP contribution >= 0.6 is 0 Å². The molecule has 3 N–H and O–H groups in total. The van der Waals surface area contributed by atoms with E-state index in [-0.39, 0.29) is 31.8 Å². The third-order valence-electron chi connectivity index (χ3n) is 5.39. The van der Waals surface area contributed by atoms with Gasteiger partial charge in [0.1, 0.15) is 24.2 Å². The van der Waals surface area contributed by atoms with E-state index in [0.29, 0.717) is 5.75 Å². The molecule has 5 heteroatoms. The summed E-state index contributed by atoms with van der Waals surface area (Å²) in [6, 6.07) is 8.49. The number of aryl methyl sites for hydroxylation is 4. The zero-order chi connectivity index (χ0) is 21.8. The largest absolute Gasteiger partial charge is 0.491 e. The van der Waals surface area contributed by atoms with E-state index in [0.717, 1.165) is 33.6 Å². The van der Waals surface area contributed by atoms with E-state index in [9.17, 15) is 10.2 Å². The van der Waals surface area contributed by atoms with Gasteiger partial charge in [-0.2, -0.15) is 0 Å². The number of ether oxygens (including phenoxy) is 2. The molecule has 0 amide bonds. The molecule has 0 radical (unpaired) electrons. The summed E-state index contributed by atoms with van der Waals surface area (Å²) in [5, 5.41) is 27.7. The molecule has 0 bridgehead atoms. The van der Waals surface area contributed by atoms with Crippen LogP contribution in [0.15, 0.2) is 24.3 Å². The van der Waals surface area contributed by atoms with Crippen molar-refractivity contribution in [2.24, 2.45) is 0 Å². The van der Waals surface area contributed by atoms with Crippen LogP contribution in [0.3, 0.4) is 0 Å². The summed E-state index contributed by atoms with van der Waals surface area (Å²) in [5.74, 6) is 1.53. The Morgan fingerprint density at radius 1 is 0.759 bits per heavy atom. The molecule has 0 spiro atoms. The Hall–Kier alpha value is -2.08. The lowest BCUT2D eigenvalue weighted by Crippen LogP contribution is -2.26. The summed E-state index contributed by atoms with van der Waals surface area (Å²) in [6.07, 6.45) is -0.622. The minimum Gasteiger partial charge on any atom is -0.491 e. The molecule has 2 aromatic rings. The molecule has 160 valence electrons. The first-order chi connectivity index (χ1) is 13.6. The second-order valence-electron chi connectivity index (χ2n) is 8.18. The summed E-state index contributed by atoms with van der Waals surface area (Å²) in [5.41, 5.74) is 6.12. The first kappa shape index (κ1) is 23.2. The molecule has 0 heterocycles. The third kappa shape index (κ3) is 5.10. The van der Waals surface area contributed by atoms with Crippen LogP contribution in [0.1, 0.15) is 47.2 Å². The van der Waals surface area contributed by atoms with E-state index in [2.05, 4.69) is 38.1 Å². The van der Waals surface area contributed by atoms with E-state index >= 15 is 0 Å². The lowest BCUT2D eigenvalue weighted by molar-refractivity contribution is 0.0619. The van der Waals surface area contributed by atoms with Crippen molar-refractivity contribution >= 4 is 0 Å². The van der Waals surface area contributed by atoms with E-state index < -0.39 is 6.10 Å². The predicted octanol–water partition coefficient (Wildman–Crippen LogP) is 3.35. The normalized spacial score (nSPS) is 11.8. The highest BCUT2D eigenvalue weighted by Crippen LogP contribution is 2.38. The van der Waals surface area contributed by atoms with Gasteiger partial charge in [0, 0.05) is 5.41 Å². The molecule has 0 unspecified atom stereocenters. The molecule has 0 aliphatic rings. The minimum absolute atomic E-state index is 0.00742. The van der Waals surface area contributed by atoms with Crippen LogP contribution in [0.5, 0.6) is 11.5 Å². The number of benzene rings is 2. The minimum atomic E-state index is -0.622. The van der Waals surface area contributed by atoms with Crippen molar-refractivity contribution < 1.29 is 24.8 Å². The zero-order valence-electron chi connectivity index (χ0n) is 18.4. The van der Waals surface area contributed by atoms with Gasteiger partial charge in [0.25, 0.3) is 0 Å². The highest BCUT2D eigenvalue weighted by molar-refractivity contribution is 5.52. The van der Waals surface area contributed by atoms with Crippen molar-refractivity contribution in [1.82, 2.24) is 0 Å². The molecular formula is C24H34O5. The molecule has 0 aliphatic heterocycles. The maximum absolute atomic E-state index is 9.32. The Kier molecular flexibility index (Phi) is 7.69. The van der Waals surface area contributed by atoms with Gasteiger partial charge in [0.15, 0.2) is 0 Å². The number of aliphatic hydroxyl groups excluding tert-OH is 3. The van der Waals surface area contributed by atoms with Crippen molar-refractivity contribution in [3.8, 4) is 11.5 Å². The summed E-state index contributed by atoms with van der Waals surface area (Å²) in [7, 11) is 0. The molecule has 2 aromatic carbocycles. The molecule has 29 heavy (non-hydrogen) atoms. The molecule has 2 rings (SSSR count). The molecular weight excluding hydrogens is 368 g/mol. The predicted molar refractivity (Wildman–Crippen MR) is 115 cm³/mol. The number of rotatable bonds is 9. The first-order valence-corrected chi connectivity index (χ1v) is 10.0. The Morgan fingerprint density at radius 2 is 1.17 bits per heavy atom. The van der Waals surface area contributed by atoms with Gasteiger partial charge in [-0.05, 0) is 61.1 Å². The SMILES string of the molecule is Cc1cc(C(C)(C)c2cc(C)c(OC(CO)CO)c(C)c2)cc(C)c1OCCO. The smallest absolute Gasteiger partial charge is 0.145 e. The van der Waals surface area contributed by atoms with Crippen molar-refractivity contribution in [3.63, 3.8) is 0 Å². The lowest BCUT2D eigenvalue weighted by atomic mass is 9.76.